The van der Waals surface area contributed by atoms with Crippen LogP contribution in [0.25, 0.3) is 0 Å². The van der Waals surface area contributed by atoms with Gasteiger partial charge in [0, 0.05) is 13.1 Å². The molecule has 1 aliphatic heterocycles. The number of benzene rings is 3. The summed E-state index contributed by atoms with van der Waals surface area (Å²) >= 11 is 0. The average Bonchev–Trinajstić information content (AvgIpc) is 3.25. The molecular formula is C26H23N3O. The minimum absolute atomic E-state index is 0.459. The largest absolute Gasteiger partial charge is 0.480 e. The number of rotatable bonds is 5. The van der Waals surface area contributed by atoms with Crippen LogP contribution < -0.4 is 4.74 Å². The van der Waals surface area contributed by atoms with Crippen LogP contribution in [-0.2, 0) is 18.6 Å². The second kappa shape index (κ2) is 7.73. The Balaban J connectivity index is 1.75. The van der Waals surface area contributed by atoms with Crippen molar-refractivity contribution in [1.29, 1.82) is 0 Å². The third kappa shape index (κ3) is 2.97. The van der Waals surface area contributed by atoms with Crippen molar-refractivity contribution in [3.8, 4) is 5.88 Å². The molecule has 3 aromatic carbocycles. The van der Waals surface area contributed by atoms with Crippen LogP contribution in [0.15, 0.2) is 97.2 Å². The highest BCUT2D eigenvalue weighted by Crippen LogP contribution is 2.45. The van der Waals surface area contributed by atoms with E-state index in [2.05, 4.69) is 101 Å². The molecule has 0 unspecified atom stereocenters. The molecule has 0 saturated carbocycles. The van der Waals surface area contributed by atoms with Gasteiger partial charge in [0.25, 0.3) is 0 Å². The Morgan fingerprint density at radius 1 is 0.700 bits per heavy atom. The molecule has 0 amide bonds. The molecule has 0 fully saturated rings. The van der Waals surface area contributed by atoms with Gasteiger partial charge in [-0.1, -0.05) is 91.0 Å². The van der Waals surface area contributed by atoms with Crippen LogP contribution in [0.4, 0.5) is 0 Å². The molecule has 5 rings (SSSR count). The van der Waals surface area contributed by atoms with Gasteiger partial charge in [-0.3, -0.25) is 9.88 Å². The zero-order valence-electron chi connectivity index (χ0n) is 16.9. The molecule has 0 aliphatic carbocycles. The SMILES string of the molecule is COc1cnc2c(n1)CN(C(c1ccccc1)(c1ccccc1)c1ccccc1)C2. The highest BCUT2D eigenvalue weighted by molar-refractivity contribution is 5.50. The minimum Gasteiger partial charge on any atom is -0.480 e. The van der Waals surface area contributed by atoms with Crippen LogP contribution in [0.2, 0.25) is 0 Å². The number of ether oxygens (including phenoxy) is 1. The first kappa shape index (κ1) is 18.5. The van der Waals surface area contributed by atoms with Crippen molar-refractivity contribution in [3.05, 3.63) is 125 Å². The quantitative estimate of drug-likeness (QED) is 0.457. The lowest BCUT2D eigenvalue weighted by Gasteiger charge is -2.43. The number of fused-ring (bicyclic) bond motifs is 1. The summed E-state index contributed by atoms with van der Waals surface area (Å²) in [7, 11) is 1.63. The van der Waals surface area contributed by atoms with Gasteiger partial charge in [-0.2, -0.15) is 0 Å². The molecule has 4 aromatic rings. The monoisotopic (exact) mass is 393 g/mol. The molecule has 4 nitrogen and oxygen atoms in total. The Bertz CT molecular complexity index is 1030. The van der Waals surface area contributed by atoms with Gasteiger partial charge in [-0.05, 0) is 16.7 Å². The zero-order chi connectivity index (χ0) is 20.4. The van der Waals surface area contributed by atoms with Crippen molar-refractivity contribution in [2.24, 2.45) is 0 Å². The predicted molar refractivity (Wildman–Crippen MR) is 117 cm³/mol. The Morgan fingerprint density at radius 3 is 1.63 bits per heavy atom. The lowest BCUT2D eigenvalue weighted by Crippen LogP contribution is -2.45. The molecule has 0 bridgehead atoms. The Kier molecular flexibility index (Phi) is 4.77. The zero-order valence-corrected chi connectivity index (χ0v) is 16.9. The topological polar surface area (TPSA) is 38.3 Å². The first-order chi connectivity index (χ1) is 14.8. The van der Waals surface area contributed by atoms with Crippen molar-refractivity contribution in [3.63, 3.8) is 0 Å². The van der Waals surface area contributed by atoms with Crippen LogP contribution in [0.3, 0.4) is 0 Å². The molecule has 2 heterocycles. The molecule has 0 N–H and O–H groups in total. The van der Waals surface area contributed by atoms with Crippen molar-refractivity contribution < 1.29 is 4.74 Å². The molecule has 0 spiro atoms. The lowest BCUT2D eigenvalue weighted by atomic mass is 9.75. The van der Waals surface area contributed by atoms with Gasteiger partial charge in [0.2, 0.25) is 5.88 Å². The van der Waals surface area contributed by atoms with E-state index in [9.17, 15) is 0 Å². The number of hydrogen-bond donors (Lipinski definition) is 0. The van der Waals surface area contributed by atoms with Crippen molar-refractivity contribution in [1.82, 2.24) is 14.9 Å². The molecule has 148 valence electrons. The summed E-state index contributed by atoms with van der Waals surface area (Å²) in [4.78, 5) is 11.8. The van der Waals surface area contributed by atoms with Crippen molar-refractivity contribution in [2.75, 3.05) is 7.11 Å². The Labute approximate surface area is 176 Å². The van der Waals surface area contributed by atoms with E-state index in [1.165, 1.54) is 16.7 Å². The molecular weight excluding hydrogens is 370 g/mol. The maximum atomic E-state index is 5.32. The summed E-state index contributed by atoms with van der Waals surface area (Å²) in [6, 6.07) is 32.1. The van der Waals surface area contributed by atoms with E-state index in [0.29, 0.717) is 19.0 Å². The molecule has 1 aliphatic rings. The van der Waals surface area contributed by atoms with E-state index in [0.717, 1.165) is 11.4 Å². The summed E-state index contributed by atoms with van der Waals surface area (Å²) < 4.78 is 5.32. The van der Waals surface area contributed by atoms with Gasteiger partial charge in [0.1, 0.15) is 0 Å². The summed E-state index contributed by atoms with van der Waals surface area (Å²) in [6.45, 7) is 1.41. The van der Waals surface area contributed by atoms with E-state index >= 15 is 0 Å². The van der Waals surface area contributed by atoms with E-state index in [1.807, 2.05) is 0 Å². The fraction of sp³-hybridized carbons (Fsp3) is 0.154. The highest BCUT2D eigenvalue weighted by Gasteiger charge is 2.45. The maximum absolute atomic E-state index is 5.32. The first-order valence-electron chi connectivity index (χ1n) is 10.1. The summed E-state index contributed by atoms with van der Waals surface area (Å²) in [5.74, 6) is 0.556. The first-order valence-corrected chi connectivity index (χ1v) is 10.1. The Morgan fingerprint density at radius 2 is 1.17 bits per heavy atom. The van der Waals surface area contributed by atoms with Crippen LogP contribution in [-0.4, -0.2) is 22.0 Å². The fourth-order valence-electron chi connectivity index (χ4n) is 4.53. The number of nitrogens with zero attached hydrogens (tertiary/aromatic N) is 3. The smallest absolute Gasteiger partial charge is 0.232 e. The van der Waals surface area contributed by atoms with Crippen molar-refractivity contribution in [2.45, 2.75) is 18.6 Å². The van der Waals surface area contributed by atoms with E-state index in [1.54, 1.807) is 13.3 Å². The van der Waals surface area contributed by atoms with Gasteiger partial charge in [0.15, 0.2) is 0 Å². The fourth-order valence-corrected chi connectivity index (χ4v) is 4.53. The third-order valence-electron chi connectivity index (χ3n) is 5.85. The lowest BCUT2D eigenvalue weighted by molar-refractivity contribution is 0.155. The van der Waals surface area contributed by atoms with Crippen LogP contribution in [0.1, 0.15) is 28.1 Å². The molecule has 1 aromatic heterocycles. The number of hydrogen-bond acceptors (Lipinski definition) is 4. The van der Waals surface area contributed by atoms with Gasteiger partial charge in [0.05, 0.1) is 30.2 Å². The molecule has 30 heavy (non-hydrogen) atoms. The molecule has 0 atom stereocenters. The molecule has 0 radical (unpaired) electrons. The highest BCUT2D eigenvalue weighted by atomic mass is 16.5. The number of methoxy groups -OCH3 is 1. The van der Waals surface area contributed by atoms with Crippen LogP contribution in [0, 0.1) is 0 Å². The minimum atomic E-state index is -0.459. The van der Waals surface area contributed by atoms with E-state index < -0.39 is 5.54 Å². The average molecular weight is 393 g/mol. The van der Waals surface area contributed by atoms with Gasteiger partial charge in [-0.15, -0.1) is 0 Å². The molecule has 0 saturated heterocycles. The molecule has 4 heteroatoms. The maximum Gasteiger partial charge on any atom is 0.232 e. The summed E-state index contributed by atoms with van der Waals surface area (Å²) in [6.07, 6.45) is 1.71. The van der Waals surface area contributed by atoms with Gasteiger partial charge < -0.3 is 4.74 Å². The normalized spacial score (nSPS) is 13.8. The summed E-state index contributed by atoms with van der Waals surface area (Å²) in [5, 5.41) is 0. The second-order valence-corrected chi connectivity index (χ2v) is 7.47. The Hall–Kier alpha value is -3.50. The van der Waals surface area contributed by atoms with Crippen LogP contribution >= 0.6 is 0 Å². The van der Waals surface area contributed by atoms with Gasteiger partial charge >= 0.3 is 0 Å². The van der Waals surface area contributed by atoms with Crippen molar-refractivity contribution >= 4 is 0 Å². The summed E-state index contributed by atoms with van der Waals surface area (Å²) in [5.41, 5.74) is 5.19. The van der Waals surface area contributed by atoms with E-state index in [4.69, 9.17) is 9.72 Å². The predicted octanol–water partition coefficient (Wildman–Crippen LogP) is 4.79. The van der Waals surface area contributed by atoms with Crippen LogP contribution in [0.5, 0.6) is 5.88 Å². The standard InChI is InChI=1S/C26H23N3O/c1-30-25-17-27-23-18-29(19-24(23)28-25)26(20-11-5-2-6-12-20,21-13-7-3-8-14-21)22-15-9-4-10-16-22/h2-17H,18-19H2,1H3. The second-order valence-electron chi connectivity index (χ2n) is 7.47. The number of aromatic nitrogens is 2. The van der Waals surface area contributed by atoms with E-state index in [-0.39, 0.29) is 0 Å². The van der Waals surface area contributed by atoms with Gasteiger partial charge in [-0.25, -0.2) is 4.98 Å². The third-order valence-corrected chi connectivity index (χ3v) is 5.85.